The van der Waals surface area contributed by atoms with Crippen LogP contribution in [0.4, 0.5) is 0 Å². The predicted octanol–water partition coefficient (Wildman–Crippen LogP) is 1.73. The van der Waals surface area contributed by atoms with Gasteiger partial charge in [0.05, 0.1) is 12.3 Å². The first-order chi connectivity index (χ1) is 11.7. The van der Waals surface area contributed by atoms with E-state index >= 15 is 0 Å². The number of hydrogen-bond acceptors (Lipinski definition) is 5. The summed E-state index contributed by atoms with van der Waals surface area (Å²) in [5.74, 6) is -0.218. The molecule has 0 atom stereocenters. The quantitative estimate of drug-likeness (QED) is 0.698. The number of aromatic nitrogens is 4. The molecule has 3 rings (SSSR count). The molecular weight excluding hydrogens is 306 g/mol. The smallest absolute Gasteiger partial charge is 0.270 e. The number of hydrogen-bond donors (Lipinski definition) is 1. The molecule has 7 nitrogen and oxygen atoms in total. The number of amides is 1. The van der Waals surface area contributed by atoms with Gasteiger partial charge in [-0.25, -0.2) is 9.50 Å². The fraction of sp³-hybridized carbons (Fsp3) is 0.294. The van der Waals surface area contributed by atoms with E-state index in [4.69, 9.17) is 4.74 Å². The zero-order valence-electron chi connectivity index (χ0n) is 13.7. The van der Waals surface area contributed by atoms with E-state index in [1.807, 2.05) is 31.2 Å². The highest BCUT2D eigenvalue weighted by Gasteiger charge is 2.14. The fourth-order valence-corrected chi connectivity index (χ4v) is 2.40. The second-order valence-corrected chi connectivity index (χ2v) is 5.25. The second kappa shape index (κ2) is 7.18. The molecule has 0 saturated carbocycles. The van der Waals surface area contributed by atoms with Gasteiger partial charge in [0.15, 0.2) is 5.65 Å². The van der Waals surface area contributed by atoms with Crippen molar-refractivity contribution >= 4 is 11.6 Å². The lowest BCUT2D eigenvalue weighted by Crippen LogP contribution is -2.28. The van der Waals surface area contributed by atoms with E-state index in [1.54, 1.807) is 23.9 Å². The maximum atomic E-state index is 12.2. The van der Waals surface area contributed by atoms with Gasteiger partial charge in [-0.2, -0.15) is 5.10 Å². The maximum Gasteiger partial charge on any atom is 0.270 e. The Hall–Kier alpha value is -2.80. The van der Waals surface area contributed by atoms with Crippen molar-refractivity contribution in [3.05, 3.63) is 47.9 Å². The molecule has 0 bridgehead atoms. The zero-order chi connectivity index (χ0) is 16.9. The highest BCUT2D eigenvalue weighted by atomic mass is 16.5. The summed E-state index contributed by atoms with van der Waals surface area (Å²) in [6.07, 6.45) is 2.46. The fourth-order valence-electron chi connectivity index (χ4n) is 2.40. The number of methoxy groups -OCH3 is 1. The molecule has 3 heterocycles. The third-order valence-electron chi connectivity index (χ3n) is 3.61. The average Bonchev–Trinajstić information content (AvgIpc) is 3.06. The van der Waals surface area contributed by atoms with Crippen molar-refractivity contribution in [1.82, 2.24) is 24.9 Å². The van der Waals surface area contributed by atoms with E-state index in [0.717, 1.165) is 23.5 Å². The maximum absolute atomic E-state index is 12.2. The molecular formula is C17H19N5O2. The van der Waals surface area contributed by atoms with Gasteiger partial charge in [-0.05, 0) is 24.6 Å². The van der Waals surface area contributed by atoms with Crippen LogP contribution in [0.15, 0.2) is 36.5 Å². The molecule has 0 aliphatic heterocycles. The number of rotatable bonds is 6. The largest absolute Gasteiger partial charge is 0.383 e. The van der Waals surface area contributed by atoms with Crippen LogP contribution in [0.1, 0.15) is 23.1 Å². The van der Waals surface area contributed by atoms with Gasteiger partial charge in [0.2, 0.25) is 0 Å². The van der Waals surface area contributed by atoms with Crippen LogP contribution in [-0.2, 0) is 11.2 Å². The lowest BCUT2D eigenvalue weighted by Gasteiger charge is -2.07. The molecule has 0 fully saturated rings. The Morgan fingerprint density at radius 1 is 1.29 bits per heavy atom. The summed E-state index contributed by atoms with van der Waals surface area (Å²) in [4.78, 5) is 21.0. The van der Waals surface area contributed by atoms with Crippen molar-refractivity contribution in [2.45, 2.75) is 13.3 Å². The normalized spacial score (nSPS) is 10.9. The van der Waals surface area contributed by atoms with E-state index in [-0.39, 0.29) is 5.91 Å². The van der Waals surface area contributed by atoms with E-state index in [1.165, 1.54) is 0 Å². The first-order valence-corrected chi connectivity index (χ1v) is 7.81. The van der Waals surface area contributed by atoms with Gasteiger partial charge in [0.25, 0.3) is 5.91 Å². The van der Waals surface area contributed by atoms with Gasteiger partial charge >= 0.3 is 0 Å². The van der Waals surface area contributed by atoms with Crippen molar-refractivity contribution in [3.8, 4) is 11.4 Å². The summed E-state index contributed by atoms with van der Waals surface area (Å²) in [7, 11) is 1.59. The molecule has 0 spiro atoms. The van der Waals surface area contributed by atoms with Crippen LogP contribution in [0.5, 0.6) is 0 Å². The van der Waals surface area contributed by atoms with Crippen LogP contribution in [-0.4, -0.2) is 45.8 Å². The minimum absolute atomic E-state index is 0.218. The lowest BCUT2D eigenvalue weighted by atomic mass is 10.2. The number of nitrogens with zero attached hydrogens (tertiary/aromatic N) is 4. The van der Waals surface area contributed by atoms with Crippen molar-refractivity contribution in [3.63, 3.8) is 0 Å². The van der Waals surface area contributed by atoms with Gasteiger partial charge in [-0.1, -0.05) is 13.0 Å². The number of carbonyl (C=O) groups is 1. The van der Waals surface area contributed by atoms with Gasteiger partial charge < -0.3 is 10.1 Å². The highest BCUT2D eigenvalue weighted by Crippen LogP contribution is 2.18. The van der Waals surface area contributed by atoms with Crippen molar-refractivity contribution in [2.24, 2.45) is 0 Å². The number of ether oxygens (including phenoxy) is 1. The van der Waals surface area contributed by atoms with Gasteiger partial charge in [0, 0.05) is 31.6 Å². The van der Waals surface area contributed by atoms with Crippen molar-refractivity contribution in [2.75, 3.05) is 20.3 Å². The predicted molar refractivity (Wildman–Crippen MR) is 89.8 cm³/mol. The van der Waals surface area contributed by atoms with Crippen molar-refractivity contribution < 1.29 is 9.53 Å². The molecule has 7 heteroatoms. The molecule has 24 heavy (non-hydrogen) atoms. The van der Waals surface area contributed by atoms with E-state index in [0.29, 0.717) is 24.5 Å². The summed E-state index contributed by atoms with van der Waals surface area (Å²) in [5, 5.41) is 7.36. The van der Waals surface area contributed by atoms with E-state index in [9.17, 15) is 4.79 Å². The molecule has 3 aromatic heterocycles. The SMILES string of the molecule is CCc1cc(C(=O)NCCOC)nc2cc(-c3ccccn3)nn12. The third kappa shape index (κ3) is 3.26. The highest BCUT2D eigenvalue weighted by molar-refractivity contribution is 5.92. The molecule has 3 aromatic rings. The summed E-state index contributed by atoms with van der Waals surface area (Å²) < 4.78 is 6.70. The molecule has 124 valence electrons. The van der Waals surface area contributed by atoms with Crippen LogP contribution in [0.3, 0.4) is 0 Å². The zero-order valence-corrected chi connectivity index (χ0v) is 13.7. The van der Waals surface area contributed by atoms with Gasteiger partial charge in [0.1, 0.15) is 11.4 Å². The Kier molecular flexibility index (Phi) is 4.81. The molecule has 0 aliphatic rings. The Morgan fingerprint density at radius 3 is 2.88 bits per heavy atom. The van der Waals surface area contributed by atoms with E-state index in [2.05, 4.69) is 20.4 Å². The standard InChI is InChI=1S/C17H19N5O2/c1-3-12-10-15(17(23)19-8-9-24-2)20-16-11-14(21-22(12)16)13-6-4-5-7-18-13/h4-7,10-11H,3,8-9H2,1-2H3,(H,19,23). The number of aryl methyl sites for hydroxylation is 1. The topological polar surface area (TPSA) is 81.4 Å². The summed E-state index contributed by atoms with van der Waals surface area (Å²) in [6, 6.07) is 9.27. The molecule has 1 amide bonds. The number of carbonyl (C=O) groups excluding carboxylic acids is 1. The first-order valence-electron chi connectivity index (χ1n) is 7.81. The average molecular weight is 325 g/mol. The second-order valence-electron chi connectivity index (χ2n) is 5.25. The number of pyridine rings is 1. The Bertz CT molecular complexity index is 845. The van der Waals surface area contributed by atoms with Crippen LogP contribution in [0.25, 0.3) is 17.0 Å². The number of fused-ring (bicyclic) bond motifs is 1. The summed E-state index contributed by atoms with van der Waals surface area (Å²) in [5.41, 5.74) is 3.43. The lowest BCUT2D eigenvalue weighted by molar-refractivity contribution is 0.0932. The van der Waals surface area contributed by atoms with Crippen LogP contribution in [0, 0.1) is 0 Å². The summed E-state index contributed by atoms with van der Waals surface area (Å²) in [6.45, 7) is 2.93. The minimum atomic E-state index is -0.218. The molecule has 1 N–H and O–H groups in total. The Balaban J connectivity index is 1.98. The van der Waals surface area contributed by atoms with Crippen LogP contribution < -0.4 is 5.32 Å². The summed E-state index contributed by atoms with van der Waals surface area (Å²) >= 11 is 0. The monoisotopic (exact) mass is 325 g/mol. The van der Waals surface area contributed by atoms with Crippen LogP contribution >= 0.6 is 0 Å². The van der Waals surface area contributed by atoms with Gasteiger partial charge in [-0.3, -0.25) is 9.78 Å². The minimum Gasteiger partial charge on any atom is -0.383 e. The molecule has 0 saturated heterocycles. The third-order valence-corrected chi connectivity index (χ3v) is 3.61. The van der Waals surface area contributed by atoms with Gasteiger partial charge in [-0.15, -0.1) is 0 Å². The molecule has 0 unspecified atom stereocenters. The van der Waals surface area contributed by atoms with Crippen LogP contribution in [0.2, 0.25) is 0 Å². The molecule has 0 radical (unpaired) electrons. The first kappa shape index (κ1) is 16.1. The molecule has 0 aliphatic carbocycles. The molecule has 0 aromatic carbocycles. The van der Waals surface area contributed by atoms with Crippen molar-refractivity contribution in [1.29, 1.82) is 0 Å². The van der Waals surface area contributed by atoms with E-state index < -0.39 is 0 Å². The Morgan fingerprint density at radius 2 is 2.17 bits per heavy atom. The Labute approximate surface area is 139 Å². The number of nitrogens with one attached hydrogen (secondary N) is 1.